The molecule has 0 saturated carbocycles. The van der Waals surface area contributed by atoms with Gasteiger partial charge >= 0.3 is 0 Å². The van der Waals surface area contributed by atoms with E-state index in [-0.39, 0.29) is 18.5 Å². The first-order valence-corrected chi connectivity index (χ1v) is 7.08. The Balaban J connectivity index is 2.19. The second kappa shape index (κ2) is 6.98. The average molecular weight is 266 g/mol. The van der Waals surface area contributed by atoms with Crippen LogP contribution in [0.1, 0.15) is 37.3 Å². The number of hydrogen-bond donors (Lipinski definition) is 2. The molecular formula is C15H23FN2O. The van der Waals surface area contributed by atoms with Gasteiger partial charge in [-0.05, 0) is 43.5 Å². The molecule has 1 aromatic rings. The maximum Gasteiger partial charge on any atom is 0.123 e. The predicted octanol–water partition coefficient (Wildman–Crippen LogP) is 2.06. The molecule has 2 unspecified atom stereocenters. The average Bonchev–Trinajstić information content (AvgIpc) is 2.42. The van der Waals surface area contributed by atoms with Crippen molar-refractivity contribution < 1.29 is 9.50 Å². The lowest BCUT2D eigenvalue weighted by Crippen LogP contribution is -2.45. The Morgan fingerprint density at radius 1 is 1.42 bits per heavy atom. The molecule has 2 rings (SSSR count). The summed E-state index contributed by atoms with van der Waals surface area (Å²) in [5.74, 6) is -0.216. The summed E-state index contributed by atoms with van der Waals surface area (Å²) in [6, 6.07) is 7.10. The zero-order valence-corrected chi connectivity index (χ0v) is 11.3. The molecule has 0 bridgehead atoms. The van der Waals surface area contributed by atoms with Crippen molar-refractivity contribution in [2.75, 3.05) is 19.7 Å². The molecule has 19 heavy (non-hydrogen) atoms. The number of hydrogen-bond acceptors (Lipinski definition) is 3. The van der Waals surface area contributed by atoms with Crippen LogP contribution in [-0.2, 0) is 0 Å². The number of halogens is 1. The second-order valence-corrected chi connectivity index (χ2v) is 5.21. The van der Waals surface area contributed by atoms with Gasteiger partial charge in [0, 0.05) is 25.2 Å². The van der Waals surface area contributed by atoms with E-state index in [1.54, 1.807) is 12.1 Å². The van der Waals surface area contributed by atoms with E-state index in [1.165, 1.54) is 12.5 Å². The minimum absolute atomic E-state index is 0.0487. The van der Waals surface area contributed by atoms with Gasteiger partial charge in [-0.15, -0.1) is 0 Å². The molecule has 106 valence electrons. The SMILES string of the molecule is NCC(c1cccc(F)c1)N1CCCCC1CCO. The molecule has 3 N–H and O–H groups in total. The van der Waals surface area contributed by atoms with Gasteiger partial charge in [0.25, 0.3) is 0 Å². The first-order chi connectivity index (χ1) is 9.26. The Labute approximate surface area is 114 Å². The minimum Gasteiger partial charge on any atom is -0.396 e. The van der Waals surface area contributed by atoms with Crippen LogP contribution >= 0.6 is 0 Å². The fraction of sp³-hybridized carbons (Fsp3) is 0.600. The summed E-state index contributed by atoms with van der Waals surface area (Å²) in [7, 11) is 0. The van der Waals surface area contributed by atoms with Crippen LogP contribution in [0, 0.1) is 5.82 Å². The molecule has 1 aromatic carbocycles. The zero-order chi connectivity index (χ0) is 13.7. The Hall–Kier alpha value is -0.970. The van der Waals surface area contributed by atoms with Gasteiger partial charge in [0.1, 0.15) is 5.82 Å². The van der Waals surface area contributed by atoms with Gasteiger partial charge in [-0.3, -0.25) is 4.90 Å². The highest BCUT2D eigenvalue weighted by molar-refractivity contribution is 5.21. The first-order valence-electron chi connectivity index (χ1n) is 7.08. The Bertz CT molecular complexity index is 397. The second-order valence-electron chi connectivity index (χ2n) is 5.21. The van der Waals surface area contributed by atoms with Crippen LogP contribution in [0.3, 0.4) is 0 Å². The highest BCUT2D eigenvalue weighted by Gasteiger charge is 2.28. The number of benzene rings is 1. The van der Waals surface area contributed by atoms with Crippen LogP contribution in [-0.4, -0.2) is 35.7 Å². The topological polar surface area (TPSA) is 49.5 Å². The molecule has 1 saturated heterocycles. The van der Waals surface area contributed by atoms with E-state index in [0.29, 0.717) is 12.6 Å². The smallest absolute Gasteiger partial charge is 0.123 e. The third-order valence-corrected chi connectivity index (χ3v) is 3.99. The predicted molar refractivity (Wildman–Crippen MR) is 74.2 cm³/mol. The van der Waals surface area contributed by atoms with E-state index >= 15 is 0 Å². The number of piperidine rings is 1. The molecule has 0 aromatic heterocycles. The van der Waals surface area contributed by atoms with Crippen molar-refractivity contribution >= 4 is 0 Å². The lowest BCUT2D eigenvalue weighted by atomic mass is 9.94. The number of likely N-dealkylation sites (tertiary alicyclic amines) is 1. The summed E-state index contributed by atoms with van der Waals surface area (Å²) in [5, 5.41) is 9.19. The highest BCUT2D eigenvalue weighted by Crippen LogP contribution is 2.29. The first kappa shape index (κ1) is 14.4. The third-order valence-electron chi connectivity index (χ3n) is 3.99. The van der Waals surface area contributed by atoms with Crippen LogP contribution < -0.4 is 5.73 Å². The third kappa shape index (κ3) is 3.53. The minimum atomic E-state index is -0.216. The molecule has 0 aliphatic carbocycles. The molecule has 1 aliphatic rings. The molecule has 0 spiro atoms. The fourth-order valence-electron chi connectivity index (χ4n) is 3.07. The molecular weight excluding hydrogens is 243 g/mol. The van der Waals surface area contributed by atoms with Crippen LogP contribution in [0.5, 0.6) is 0 Å². The monoisotopic (exact) mass is 266 g/mol. The summed E-state index contributed by atoms with van der Waals surface area (Å²) >= 11 is 0. The van der Waals surface area contributed by atoms with Crippen molar-refractivity contribution in [2.24, 2.45) is 5.73 Å². The van der Waals surface area contributed by atoms with Gasteiger partial charge in [0.05, 0.1) is 0 Å². The molecule has 1 fully saturated rings. The van der Waals surface area contributed by atoms with Crippen molar-refractivity contribution in [3.05, 3.63) is 35.6 Å². The molecule has 1 aliphatic heterocycles. The van der Waals surface area contributed by atoms with E-state index in [0.717, 1.165) is 31.4 Å². The Morgan fingerprint density at radius 2 is 2.26 bits per heavy atom. The van der Waals surface area contributed by atoms with E-state index in [9.17, 15) is 9.50 Å². The van der Waals surface area contributed by atoms with Gasteiger partial charge in [0.15, 0.2) is 0 Å². The number of nitrogens with zero attached hydrogens (tertiary/aromatic N) is 1. The number of nitrogens with two attached hydrogens (primary N) is 1. The lowest BCUT2D eigenvalue weighted by molar-refractivity contribution is 0.0781. The van der Waals surface area contributed by atoms with Crippen LogP contribution in [0.4, 0.5) is 4.39 Å². The molecule has 0 radical (unpaired) electrons. The van der Waals surface area contributed by atoms with E-state index in [1.807, 2.05) is 6.07 Å². The van der Waals surface area contributed by atoms with Crippen LogP contribution in [0.15, 0.2) is 24.3 Å². The summed E-state index contributed by atoms with van der Waals surface area (Å²) in [6.45, 7) is 1.65. The molecule has 0 amide bonds. The van der Waals surface area contributed by atoms with Gasteiger partial charge in [0.2, 0.25) is 0 Å². The van der Waals surface area contributed by atoms with Crippen molar-refractivity contribution in [1.29, 1.82) is 0 Å². The maximum absolute atomic E-state index is 13.4. The normalized spacial score (nSPS) is 22.4. The maximum atomic E-state index is 13.4. The quantitative estimate of drug-likeness (QED) is 0.857. The standard InChI is InChI=1S/C15H23FN2O/c16-13-5-3-4-12(10-13)15(11-17)18-8-2-1-6-14(18)7-9-19/h3-5,10,14-15,19H,1-2,6-9,11,17H2. The number of aliphatic hydroxyl groups is 1. The van der Waals surface area contributed by atoms with E-state index in [4.69, 9.17) is 5.73 Å². The van der Waals surface area contributed by atoms with Gasteiger partial charge in [-0.1, -0.05) is 18.6 Å². The fourth-order valence-corrected chi connectivity index (χ4v) is 3.07. The molecule has 2 atom stereocenters. The zero-order valence-electron chi connectivity index (χ0n) is 11.3. The number of aliphatic hydroxyl groups excluding tert-OH is 1. The van der Waals surface area contributed by atoms with Crippen molar-refractivity contribution in [2.45, 2.75) is 37.8 Å². The summed E-state index contributed by atoms with van der Waals surface area (Å²) < 4.78 is 13.4. The highest BCUT2D eigenvalue weighted by atomic mass is 19.1. The summed E-state index contributed by atoms with van der Waals surface area (Å²) in [4.78, 5) is 2.34. The summed E-state index contributed by atoms with van der Waals surface area (Å²) in [6.07, 6.45) is 4.20. The van der Waals surface area contributed by atoms with E-state index in [2.05, 4.69) is 4.90 Å². The van der Waals surface area contributed by atoms with Crippen molar-refractivity contribution in [3.63, 3.8) is 0 Å². The van der Waals surface area contributed by atoms with Gasteiger partial charge in [-0.2, -0.15) is 0 Å². The Kier molecular flexibility index (Phi) is 5.31. The number of rotatable bonds is 5. The van der Waals surface area contributed by atoms with Crippen molar-refractivity contribution in [1.82, 2.24) is 4.90 Å². The Morgan fingerprint density at radius 3 is 2.95 bits per heavy atom. The lowest BCUT2D eigenvalue weighted by Gasteiger charge is -2.41. The van der Waals surface area contributed by atoms with Gasteiger partial charge < -0.3 is 10.8 Å². The van der Waals surface area contributed by atoms with Crippen LogP contribution in [0.2, 0.25) is 0 Å². The molecule has 1 heterocycles. The van der Waals surface area contributed by atoms with E-state index < -0.39 is 0 Å². The molecule has 4 heteroatoms. The van der Waals surface area contributed by atoms with Crippen molar-refractivity contribution in [3.8, 4) is 0 Å². The largest absolute Gasteiger partial charge is 0.396 e. The molecule has 3 nitrogen and oxygen atoms in total. The summed E-state index contributed by atoms with van der Waals surface area (Å²) in [5.41, 5.74) is 6.85. The van der Waals surface area contributed by atoms with Crippen LogP contribution in [0.25, 0.3) is 0 Å². The van der Waals surface area contributed by atoms with Gasteiger partial charge in [-0.25, -0.2) is 4.39 Å².